The Morgan fingerprint density at radius 3 is 2.76 bits per heavy atom. The standard InChI is InChI=1S/C18H27ClN4OS/c1-13(2)16-12-23(10-11-25-16)18(20-3)22-9-8-21-17(24)14-6-4-5-7-15(14)19/h4-7,13,16H,8-12H2,1-3H3,(H,20,22)(H,21,24). The number of halogens is 1. The molecular formula is C18H27ClN4OS. The van der Waals surface area contributed by atoms with Crippen LogP contribution in [0.3, 0.4) is 0 Å². The summed E-state index contributed by atoms with van der Waals surface area (Å²) >= 11 is 8.08. The number of guanidine groups is 1. The Hall–Kier alpha value is -1.40. The smallest absolute Gasteiger partial charge is 0.252 e. The number of thioether (sulfide) groups is 1. The van der Waals surface area contributed by atoms with Crippen LogP contribution in [0.25, 0.3) is 0 Å². The Balaban J connectivity index is 1.78. The van der Waals surface area contributed by atoms with E-state index in [1.54, 1.807) is 25.2 Å². The van der Waals surface area contributed by atoms with Crippen molar-refractivity contribution in [3.63, 3.8) is 0 Å². The second-order valence-corrected chi connectivity index (χ2v) is 8.06. The molecule has 1 aromatic rings. The van der Waals surface area contributed by atoms with E-state index in [1.807, 2.05) is 17.8 Å². The van der Waals surface area contributed by atoms with Crippen LogP contribution >= 0.6 is 23.4 Å². The second kappa shape index (κ2) is 9.92. The highest BCUT2D eigenvalue weighted by atomic mass is 35.5. The summed E-state index contributed by atoms with van der Waals surface area (Å²) in [7, 11) is 1.80. The van der Waals surface area contributed by atoms with Gasteiger partial charge in [0.25, 0.3) is 5.91 Å². The van der Waals surface area contributed by atoms with Gasteiger partial charge in [0.1, 0.15) is 0 Å². The van der Waals surface area contributed by atoms with Crippen LogP contribution < -0.4 is 10.6 Å². The minimum atomic E-state index is -0.156. The fourth-order valence-electron chi connectivity index (χ4n) is 2.69. The minimum absolute atomic E-state index is 0.156. The number of hydrogen-bond acceptors (Lipinski definition) is 3. The first-order valence-electron chi connectivity index (χ1n) is 8.63. The minimum Gasteiger partial charge on any atom is -0.354 e. The molecule has 138 valence electrons. The highest BCUT2D eigenvalue weighted by Crippen LogP contribution is 2.24. The summed E-state index contributed by atoms with van der Waals surface area (Å²) < 4.78 is 0. The van der Waals surface area contributed by atoms with E-state index in [-0.39, 0.29) is 5.91 Å². The number of rotatable bonds is 5. The number of hydrogen-bond donors (Lipinski definition) is 2. The van der Waals surface area contributed by atoms with Crippen molar-refractivity contribution in [3.8, 4) is 0 Å². The van der Waals surface area contributed by atoms with Crippen molar-refractivity contribution in [2.45, 2.75) is 19.1 Å². The average molecular weight is 383 g/mol. The topological polar surface area (TPSA) is 56.7 Å². The van der Waals surface area contributed by atoms with Crippen LogP contribution in [0, 0.1) is 5.92 Å². The monoisotopic (exact) mass is 382 g/mol. The van der Waals surface area contributed by atoms with Crippen molar-refractivity contribution in [1.82, 2.24) is 15.5 Å². The van der Waals surface area contributed by atoms with E-state index in [9.17, 15) is 4.79 Å². The molecule has 7 heteroatoms. The molecule has 0 bridgehead atoms. The number of benzene rings is 1. The van der Waals surface area contributed by atoms with Gasteiger partial charge < -0.3 is 15.5 Å². The lowest BCUT2D eigenvalue weighted by Gasteiger charge is -2.36. The van der Waals surface area contributed by atoms with Crippen molar-refractivity contribution >= 4 is 35.2 Å². The number of nitrogens with one attached hydrogen (secondary N) is 2. The highest BCUT2D eigenvalue weighted by Gasteiger charge is 2.24. The molecule has 0 radical (unpaired) electrons. The lowest BCUT2D eigenvalue weighted by atomic mass is 10.1. The van der Waals surface area contributed by atoms with E-state index in [4.69, 9.17) is 11.6 Å². The van der Waals surface area contributed by atoms with E-state index in [2.05, 4.69) is 34.4 Å². The van der Waals surface area contributed by atoms with Crippen LogP contribution in [0.5, 0.6) is 0 Å². The molecule has 1 saturated heterocycles. The van der Waals surface area contributed by atoms with Gasteiger partial charge in [-0.25, -0.2) is 0 Å². The van der Waals surface area contributed by atoms with E-state index in [1.165, 1.54) is 0 Å². The summed E-state index contributed by atoms with van der Waals surface area (Å²) in [6.45, 7) is 7.68. The van der Waals surface area contributed by atoms with Gasteiger partial charge in [-0.15, -0.1) is 0 Å². The summed E-state index contributed by atoms with van der Waals surface area (Å²) in [6.07, 6.45) is 0. The lowest BCUT2D eigenvalue weighted by Crippen LogP contribution is -2.50. The molecule has 2 rings (SSSR count). The van der Waals surface area contributed by atoms with Crippen LogP contribution in [0.1, 0.15) is 24.2 Å². The molecular weight excluding hydrogens is 356 g/mol. The zero-order chi connectivity index (χ0) is 18.2. The van der Waals surface area contributed by atoms with Gasteiger partial charge in [0.15, 0.2) is 5.96 Å². The molecule has 1 atom stereocenters. The van der Waals surface area contributed by atoms with Crippen LogP contribution in [0.4, 0.5) is 0 Å². The maximum Gasteiger partial charge on any atom is 0.252 e. The first kappa shape index (κ1) is 19.9. The van der Waals surface area contributed by atoms with Crippen LogP contribution in [-0.2, 0) is 0 Å². The zero-order valence-electron chi connectivity index (χ0n) is 15.1. The number of carbonyl (C=O) groups is 1. The van der Waals surface area contributed by atoms with Gasteiger partial charge in [-0.05, 0) is 18.1 Å². The molecule has 2 N–H and O–H groups in total. The van der Waals surface area contributed by atoms with E-state index in [0.717, 1.165) is 24.8 Å². The normalized spacial score (nSPS) is 18.4. The fourth-order valence-corrected chi connectivity index (χ4v) is 4.21. The van der Waals surface area contributed by atoms with Crippen molar-refractivity contribution < 1.29 is 4.79 Å². The van der Waals surface area contributed by atoms with Gasteiger partial charge in [-0.2, -0.15) is 11.8 Å². The van der Waals surface area contributed by atoms with Gasteiger partial charge >= 0.3 is 0 Å². The molecule has 25 heavy (non-hydrogen) atoms. The molecule has 0 saturated carbocycles. The van der Waals surface area contributed by atoms with Gasteiger partial charge in [0.05, 0.1) is 10.6 Å². The van der Waals surface area contributed by atoms with Gasteiger partial charge in [0.2, 0.25) is 0 Å². The summed E-state index contributed by atoms with van der Waals surface area (Å²) in [6, 6.07) is 7.06. The Morgan fingerprint density at radius 2 is 2.08 bits per heavy atom. The largest absolute Gasteiger partial charge is 0.354 e. The zero-order valence-corrected chi connectivity index (χ0v) is 16.7. The first-order chi connectivity index (χ1) is 12.0. The number of nitrogens with zero attached hydrogens (tertiary/aromatic N) is 2. The number of amides is 1. The molecule has 1 heterocycles. The molecule has 1 amide bonds. The Labute approximate surface area is 159 Å². The molecule has 0 aliphatic carbocycles. The van der Waals surface area contributed by atoms with Crippen molar-refractivity contribution in [2.24, 2.45) is 10.9 Å². The summed E-state index contributed by atoms with van der Waals surface area (Å²) in [5.74, 6) is 2.52. The van der Waals surface area contributed by atoms with Gasteiger partial charge in [-0.3, -0.25) is 9.79 Å². The fraction of sp³-hybridized carbons (Fsp3) is 0.556. The Bertz CT molecular complexity index is 608. The third-order valence-electron chi connectivity index (χ3n) is 4.16. The van der Waals surface area contributed by atoms with Crippen molar-refractivity contribution in [1.29, 1.82) is 0 Å². The van der Waals surface area contributed by atoms with Gasteiger partial charge in [-0.1, -0.05) is 37.6 Å². The van der Waals surface area contributed by atoms with E-state index < -0.39 is 0 Å². The lowest BCUT2D eigenvalue weighted by molar-refractivity contribution is 0.0954. The summed E-state index contributed by atoms with van der Waals surface area (Å²) in [5.41, 5.74) is 0.501. The van der Waals surface area contributed by atoms with E-state index in [0.29, 0.717) is 34.8 Å². The summed E-state index contributed by atoms with van der Waals surface area (Å²) in [4.78, 5) is 18.8. The van der Waals surface area contributed by atoms with Gasteiger partial charge in [0, 0.05) is 44.2 Å². The predicted octanol–water partition coefficient (Wildman–Crippen LogP) is 2.72. The van der Waals surface area contributed by atoms with E-state index >= 15 is 0 Å². The molecule has 0 aromatic heterocycles. The first-order valence-corrected chi connectivity index (χ1v) is 10.1. The summed E-state index contributed by atoms with van der Waals surface area (Å²) in [5, 5.41) is 7.32. The van der Waals surface area contributed by atoms with Crippen molar-refractivity contribution in [3.05, 3.63) is 34.9 Å². The predicted molar refractivity (Wildman–Crippen MR) is 108 cm³/mol. The van der Waals surface area contributed by atoms with Crippen LogP contribution in [0.15, 0.2) is 29.3 Å². The third-order valence-corrected chi connectivity index (χ3v) is 6.03. The molecule has 1 fully saturated rings. The molecule has 1 aliphatic heterocycles. The third kappa shape index (κ3) is 5.82. The highest BCUT2D eigenvalue weighted by molar-refractivity contribution is 8.00. The molecule has 1 unspecified atom stereocenters. The van der Waals surface area contributed by atoms with Crippen molar-refractivity contribution in [2.75, 3.05) is 39.0 Å². The molecule has 1 aromatic carbocycles. The number of carbonyl (C=O) groups excluding carboxylic acids is 1. The SMILES string of the molecule is CN=C(NCCNC(=O)c1ccccc1Cl)N1CCSC(C(C)C)C1. The molecule has 5 nitrogen and oxygen atoms in total. The van der Waals surface area contributed by atoms with Crippen LogP contribution in [-0.4, -0.2) is 61.0 Å². The Morgan fingerprint density at radius 1 is 1.36 bits per heavy atom. The van der Waals surface area contributed by atoms with Crippen LogP contribution in [0.2, 0.25) is 5.02 Å². The Kier molecular flexibility index (Phi) is 7.90. The second-order valence-electron chi connectivity index (χ2n) is 6.31. The molecule has 0 spiro atoms. The molecule has 1 aliphatic rings. The average Bonchev–Trinajstić information content (AvgIpc) is 2.62. The maximum absolute atomic E-state index is 12.1. The number of aliphatic imine (C=N–C) groups is 1. The maximum atomic E-state index is 12.1. The quantitative estimate of drug-likeness (QED) is 0.467.